The van der Waals surface area contributed by atoms with Gasteiger partial charge >= 0.3 is 5.63 Å². The Morgan fingerprint density at radius 1 is 1.00 bits per heavy atom. The van der Waals surface area contributed by atoms with Gasteiger partial charge in [-0.25, -0.2) is 4.79 Å². The number of anilines is 2. The first-order valence-electron chi connectivity index (χ1n) is 12.0. The Bertz CT molecular complexity index is 1350. The molecule has 9 heteroatoms. The van der Waals surface area contributed by atoms with Gasteiger partial charge < -0.3 is 24.1 Å². The Hall–Kier alpha value is -3.23. The number of hydrogen-bond acceptors (Lipinski definition) is 7. The average Bonchev–Trinajstić information content (AvgIpc) is 3.49. The first kappa shape index (κ1) is 22.2. The number of carbonyl (C=O) groups is 1. The molecule has 182 valence electrons. The predicted octanol–water partition coefficient (Wildman–Crippen LogP) is 4.38. The number of nitrogens with one attached hydrogen (secondary N) is 1. The number of fused-ring (bicyclic) bond motifs is 2. The molecule has 0 bridgehead atoms. The van der Waals surface area contributed by atoms with E-state index in [1.165, 1.54) is 11.6 Å². The molecule has 0 radical (unpaired) electrons. The number of halogens is 1. The molecule has 3 aliphatic heterocycles. The molecule has 0 unspecified atom stereocenters. The van der Waals surface area contributed by atoms with Crippen molar-refractivity contribution in [2.45, 2.75) is 38.3 Å². The fourth-order valence-electron chi connectivity index (χ4n) is 5.19. The molecule has 2 aromatic carbocycles. The fourth-order valence-corrected chi connectivity index (χ4v) is 5.40. The number of hydrogen-bond donors (Lipinski definition) is 1. The number of benzene rings is 2. The lowest BCUT2D eigenvalue weighted by Gasteiger charge is -2.33. The molecule has 35 heavy (non-hydrogen) atoms. The summed E-state index contributed by atoms with van der Waals surface area (Å²) in [5, 5.41) is 4.77. The van der Waals surface area contributed by atoms with E-state index in [2.05, 4.69) is 22.3 Å². The maximum Gasteiger partial charge on any atom is 0.338 e. The van der Waals surface area contributed by atoms with Crippen LogP contribution in [-0.4, -0.2) is 43.3 Å². The molecule has 0 aliphatic carbocycles. The van der Waals surface area contributed by atoms with Gasteiger partial charge in [-0.15, -0.1) is 0 Å². The van der Waals surface area contributed by atoms with Crippen LogP contribution in [0.15, 0.2) is 45.6 Å². The largest absolute Gasteiger partial charge is 0.454 e. The molecule has 3 aromatic rings. The quantitative estimate of drug-likeness (QED) is 0.526. The van der Waals surface area contributed by atoms with Crippen molar-refractivity contribution >= 4 is 39.9 Å². The Morgan fingerprint density at radius 2 is 1.83 bits per heavy atom. The molecule has 1 amide bonds. The number of ether oxygens (including phenoxy) is 2. The lowest BCUT2D eigenvalue weighted by molar-refractivity contribution is -0.117. The average molecular weight is 496 g/mol. The molecule has 0 spiro atoms. The van der Waals surface area contributed by atoms with Gasteiger partial charge in [0.05, 0.1) is 11.4 Å². The van der Waals surface area contributed by atoms with Crippen LogP contribution in [0.5, 0.6) is 11.5 Å². The molecule has 1 N–H and O–H groups in total. The molecule has 8 nitrogen and oxygen atoms in total. The number of carbonyl (C=O) groups excluding carboxylic acids is 1. The minimum Gasteiger partial charge on any atom is -0.454 e. The second-order valence-electron chi connectivity index (χ2n) is 9.31. The molecule has 4 heterocycles. The summed E-state index contributed by atoms with van der Waals surface area (Å²) in [6, 6.07) is 11.3. The van der Waals surface area contributed by atoms with Gasteiger partial charge in [-0.3, -0.25) is 9.69 Å². The van der Waals surface area contributed by atoms with Gasteiger partial charge in [-0.05, 0) is 49.1 Å². The summed E-state index contributed by atoms with van der Waals surface area (Å²) in [5.41, 5.74) is 2.41. The van der Waals surface area contributed by atoms with Crippen molar-refractivity contribution in [2.24, 2.45) is 0 Å². The normalized spacial score (nSPS) is 18.5. The van der Waals surface area contributed by atoms with Crippen molar-refractivity contribution in [3.05, 3.63) is 57.4 Å². The van der Waals surface area contributed by atoms with Crippen LogP contribution in [-0.2, 0) is 11.3 Å². The van der Waals surface area contributed by atoms with E-state index in [-0.39, 0.29) is 18.7 Å². The molecule has 0 saturated carbocycles. The molecule has 2 saturated heterocycles. The highest BCUT2D eigenvalue weighted by Crippen LogP contribution is 2.37. The highest BCUT2D eigenvalue weighted by molar-refractivity contribution is 6.32. The highest BCUT2D eigenvalue weighted by atomic mass is 35.5. The first-order valence-corrected chi connectivity index (χ1v) is 12.4. The van der Waals surface area contributed by atoms with Crippen molar-refractivity contribution in [1.29, 1.82) is 0 Å². The van der Waals surface area contributed by atoms with Crippen LogP contribution in [0, 0.1) is 0 Å². The summed E-state index contributed by atoms with van der Waals surface area (Å²) < 4.78 is 16.5. The summed E-state index contributed by atoms with van der Waals surface area (Å²) in [5.74, 6) is 1.63. The molecular formula is C26H26ClN3O5. The third-order valence-corrected chi connectivity index (χ3v) is 7.16. The van der Waals surface area contributed by atoms with Gasteiger partial charge in [0, 0.05) is 55.1 Å². The van der Waals surface area contributed by atoms with Crippen LogP contribution in [0.25, 0.3) is 11.0 Å². The zero-order valence-electron chi connectivity index (χ0n) is 19.2. The van der Waals surface area contributed by atoms with Gasteiger partial charge in [0.25, 0.3) is 0 Å². The smallest absolute Gasteiger partial charge is 0.338 e. The number of nitrogens with zero attached hydrogens (tertiary/aromatic N) is 2. The van der Waals surface area contributed by atoms with Gasteiger partial charge in [0.1, 0.15) is 0 Å². The molecule has 2 fully saturated rings. The van der Waals surface area contributed by atoms with Crippen LogP contribution in [0.1, 0.15) is 31.2 Å². The standard InChI is InChI=1S/C26H26ClN3O5/c27-17-11-19-20(13-25(32)35-26(19)21(12-17)30-7-1-2-24(30)31)28-18-5-8-29(9-6-18)14-16-3-4-22-23(10-16)34-15-33-22/h3-4,10-13,18,28H,1-2,5-9,14-15H2. The summed E-state index contributed by atoms with van der Waals surface area (Å²) in [6.07, 6.45) is 3.13. The molecular weight excluding hydrogens is 470 g/mol. The highest BCUT2D eigenvalue weighted by Gasteiger charge is 2.27. The van der Waals surface area contributed by atoms with E-state index in [1.54, 1.807) is 17.0 Å². The maximum atomic E-state index is 12.4. The number of amides is 1. The van der Waals surface area contributed by atoms with Gasteiger partial charge in [-0.1, -0.05) is 17.7 Å². The number of likely N-dealkylation sites (tertiary alicyclic amines) is 1. The molecule has 3 aliphatic rings. The number of piperidine rings is 1. The zero-order chi connectivity index (χ0) is 23.9. The third-order valence-electron chi connectivity index (χ3n) is 6.94. The van der Waals surface area contributed by atoms with Gasteiger partial charge in [0.2, 0.25) is 12.7 Å². The summed E-state index contributed by atoms with van der Waals surface area (Å²) >= 11 is 6.43. The SMILES string of the molecule is O=C1CCCN1c1cc(Cl)cc2c(NC3CCN(Cc4ccc5c(c4)OCO5)CC3)cc(=O)oc12. The number of rotatable bonds is 5. The van der Waals surface area contributed by atoms with E-state index in [1.807, 2.05) is 6.07 Å². The second kappa shape index (κ2) is 9.09. The summed E-state index contributed by atoms with van der Waals surface area (Å²) in [7, 11) is 0. The van der Waals surface area contributed by atoms with Crippen LogP contribution in [0.3, 0.4) is 0 Å². The van der Waals surface area contributed by atoms with Crippen molar-refractivity contribution in [3.8, 4) is 11.5 Å². The van der Waals surface area contributed by atoms with Crippen molar-refractivity contribution in [1.82, 2.24) is 4.90 Å². The van der Waals surface area contributed by atoms with Crippen LogP contribution in [0.2, 0.25) is 5.02 Å². The Morgan fingerprint density at radius 3 is 2.63 bits per heavy atom. The minimum absolute atomic E-state index is 0.0180. The van der Waals surface area contributed by atoms with Crippen LogP contribution < -0.4 is 25.3 Å². The topological polar surface area (TPSA) is 84.3 Å². The van der Waals surface area contributed by atoms with Crippen molar-refractivity contribution in [3.63, 3.8) is 0 Å². The van der Waals surface area contributed by atoms with Crippen molar-refractivity contribution in [2.75, 3.05) is 36.6 Å². The lowest BCUT2D eigenvalue weighted by Crippen LogP contribution is -2.38. The second-order valence-corrected chi connectivity index (χ2v) is 9.75. The van der Waals surface area contributed by atoms with E-state index >= 15 is 0 Å². The van der Waals surface area contributed by atoms with E-state index in [0.717, 1.165) is 55.8 Å². The van der Waals surface area contributed by atoms with E-state index in [0.29, 0.717) is 34.9 Å². The van der Waals surface area contributed by atoms with E-state index in [9.17, 15) is 9.59 Å². The zero-order valence-corrected chi connectivity index (χ0v) is 20.0. The van der Waals surface area contributed by atoms with Crippen LogP contribution in [0.4, 0.5) is 11.4 Å². The Kier molecular flexibility index (Phi) is 5.78. The summed E-state index contributed by atoms with van der Waals surface area (Å²) in [4.78, 5) is 28.9. The first-order chi connectivity index (χ1) is 17.0. The monoisotopic (exact) mass is 495 g/mol. The van der Waals surface area contributed by atoms with E-state index in [4.69, 9.17) is 25.5 Å². The predicted molar refractivity (Wildman–Crippen MR) is 134 cm³/mol. The van der Waals surface area contributed by atoms with E-state index < -0.39 is 5.63 Å². The summed E-state index contributed by atoms with van der Waals surface area (Å²) in [6.45, 7) is 3.59. The van der Waals surface area contributed by atoms with Crippen molar-refractivity contribution < 1.29 is 18.7 Å². The lowest BCUT2D eigenvalue weighted by atomic mass is 10.0. The Balaban J connectivity index is 1.18. The maximum absolute atomic E-state index is 12.4. The molecule has 1 aromatic heterocycles. The van der Waals surface area contributed by atoms with Gasteiger partial charge in [0.15, 0.2) is 17.1 Å². The fraction of sp³-hybridized carbons (Fsp3) is 0.385. The Labute approximate surface area is 207 Å². The van der Waals surface area contributed by atoms with Gasteiger partial charge in [-0.2, -0.15) is 0 Å². The molecule has 0 atom stereocenters. The third kappa shape index (κ3) is 4.44. The minimum atomic E-state index is -0.449. The van der Waals surface area contributed by atoms with Crippen LogP contribution >= 0.6 is 11.6 Å². The molecule has 6 rings (SSSR count).